The van der Waals surface area contributed by atoms with Gasteiger partial charge >= 0.3 is 0 Å². The van der Waals surface area contributed by atoms with Crippen LogP contribution in [-0.2, 0) is 4.79 Å². The number of hydrogen-bond acceptors (Lipinski definition) is 2. The van der Waals surface area contributed by atoms with Gasteiger partial charge in [-0.2, -0.15) is 0 Å². The van der Waals surface area contributed by atoms with Crippen LogP contribution in [0, 0.1) is 5.92 Å². The zero-order valence-electron chi connectivity index (χ0n) is 11.3. The largest absolute Gasteiger partial charge is 0.337 e. The molecule has 1 unspecified atom stereocenters. The molecule has 16 heavy (non-hydrogen) atoms. The summed E-state index contributed by atoms with van der Waals surface area (Å²) in [6.07, 6.45) is 1.71. The van der Waals surface area contributed by atoms with Crippen molar-refractivity contribution in [2.45, 2.75) is 59.0 Å². The number of nitrogens with one attached hydrogen (secondary N) is 1. The van der Waals surface area contributed by atoms with Crippen molar-refractivity contribution in [2.24, 2.45) is 5.92 Å². The molecule has 1 amide bonds. The fraction of sp³-hybridized carbons (Fsp3) is 0.923. The second kappa shape index (κ2) is 5.17. The van der Waals surface area contributed by atoms with Gasteiger partial charge in [0.15, 0.2) is 0 Å². The normalized spacial score (nSPS) is 24.9. The molecule has 0 aromatic carbocycles. The van der Waals surface area contributed by atoms with Gasteiger partial charge in [0.05, 0.1) is 0 Å². The molecule has 1 aliphatic rings. The third kappa shape index (κ3) is 3.48. The molecule has 0 aromatic heterocycles. The van der Waals surface area contributed by atoms with Crippen LogP contribution in [-0.4, -0.2) is 35.5 Å². The molecule has 1 aliphatic heterocycles. The highest BCUT2D eigenvalue weighted by Gasteiger charge is 2.34. The quantitative estimate of drug-likeness (QED) is 0.798. The Morgan fingerprint density at radius 1 is 1.50 bits per heavy atom. The summed E-state index contributed by atoms with van der Waals surface area (Å²) >= 11 is 0. The maximum atomic E-state index is 11.9. The molecule has 1 atom stereocenters. The lowest BCUT2D eigenvalue weighted by atomic mass is 9.94. The lowest BCUT2D eigenvalue weighted by Gasteiger charge is -2.45. The van der Waals surface area contributed by atoms with Crippen molar-refractivity contribution in [3.05, 3.63) is 0 Å². The molecule has 1 fully saturated rings. The van der Waals surface area contributed by atoms with E-state index in [1.165, 1.54) is 0 Å². The molecule has 3 heteroatoms. The van der Waals surface area contributed by atoms with Crippen molar-refractivity contribution in [3.63, 3.8) is 0 Å². The Kier molecular flexibility index (Phi) is 4.36. The van der Waals surface area contributed by atoms with Crippen LogP contribution < -0.4 is 5.32 Å². The minimum absolute atomic E-state index is 0.0539. The third-order valence-corrected chi connectivity index (χ3v) is 3.19. The van der Waals surface area contributed by atoms with Gasteiger partial charge < -0.3 is 10.2 Å². The number of nitrogens with zero attached hydrogens (tertiary/aromatic N) is 1. The smallest absolute Gasteiger partial charge is 0.222 e. The zero-order valence-corrected chi connectivity index (χ0v) is 11.3. The second-order valence-electron chi connectivity index (χ2n) is 5.92. The molecular weight excluding hydrogens is 200 g/mol. The Morgan fingerprint density at radius 2 is 2.12 bits per heavy atom. The topological polar surface area (TPSA) is 32.3 Å². The third-order valence-electron chi connectivity index (χ3n) is 3.19. The maximum absolute atomic E-state index is 11.9. The Morgan fingerprint density at radius 3 is 2.62 bits per heavy atom. The van der Waals surface area contributed by atoms with Crippen LogP contribution in [0.15, 0.2) is 0 Å². The first-order chi connectivity index (χ1) is 7.35. The van der Waals surface area contributed by atoms with E-state index in [-0.39, 0.29) is 5.54 Å². The molecule has 0 spiro atoms. The zero-order chi connectivity index (χ0) is 12.3. The Bertz CT molecular complexity index is 248. The highest BCUT2D eigenvalue weighted by Crippen LogP contribution is 2.20. The summed E-state index contributed by atoms with van der Waals surface area (Å²) in [5, 5.41) is 3.53. The van der Waals surface area contributed by atoms with Crippen molar-refractivity contribution in [3.8, 4) is 0 Å². The molecule has 1 N–H and O–H groups in total. The molecule has 3 nitrogen and oxygen atoms in total. The van der Waals surface area contributed by atoms with Crippen LogP contribution in [0.1, 0.15) is 47.5 Å². The van der Waals surface area contributed by atoms with Crippen molar-refractivity contribution in [1.29, 1.82) is 0 Å². The average molecular weight is 226 g/mol. The Labute approximate surface area is 99.6 Å². The first-order valence-electron chi connectivity index (χ1n) is 6.40. The number of carbonyl (C=O) groups is 1. The number of carbonyl (C=O) groups excluding carboxylic acids is 1. The highest BCUT2D eigenvalue weighted by molar-refractivity contribution is 5.76. The van der Waals surface area contributed by atoms with E-state index in [1.807, 2.05) is 6.92 Å². The van der Waals surface area contributed by atoms with Crippen LogP contribution in [0.4, 0.5) is 0 Å². The van der Waals surface area contributed by atoms with Gasteiger partial charge in [0.1, 0.15) is 0 Å². The fourth-order valence-corrected chi connectivity index (χ4v) is 2.36. The number of rotatable bonds is 3. The lowest BCUT2D eigenvalue weighted by Crippen LogP contribution is -2.63. The number of amides is 1. The number of piperazine rings is 1. The average Bonchev–Trinajstić information content (AvgIpc) is 2.18. The van der Waals surface area contributed by atoms with E-state index in [0.717, 1.165) is 19.5 Å². The van der Waals surface area contributed by atoms with Gasteiger partial charge in [-0.05, 0) is 26.2 Å². The second-order valence-corrected chi connectivity index (χ2v) is 5.92. The summed E-state index contributed by atoms with van der Waals surface area (Å²) in [4.78, 5) is 14.0. The predicted molar refractivity (Wildman–Crippen MR) is 67.3 cm³/mol. The van der Waals surface area contributed by atoms with E-state index in [9.17, 15) is 4.79 Å². The Hall–Kier alpha value is -0.570. The van der Waals surface area contributed by atoms with Crippen LogP contribution in [0.25, 0.3) is 0 Å². The molecule has 0 radical (unpaired) electrons. The first-order valence-corrected chi connectivity index (χ1v) is 6.40. The van der Waals surface area contributed by atoms with E-state index in [1.54, 1.807) is 0 Å². The summed E-state index contributed by atoms with van der Waals surface area (Å²) in [7, 11) is 0. The monoisotopic (exact) mass is 226 g/mol. The van der Waals surface area contributed by atoms with Crippen molar-refractivity contribution in [2.75, 3.05) is 13.1 Å². The summed E-state index contributed by atoms with van der Waals surface area (Å²) < 4.78 is 0. The maximum Gasteiger partial charge on any atom is 0.222 e. The SMILES string of the molecule is CCC(=O)N1CC(C)(C)NCC1CC(C)C. The first kappa shape index (κ1) is 13.5. The van der Waals surface area contributed by atoms with Gasteiger partial charge in [0, 0.05) is 31.1 Å². The minimum atomic E-state index is 0.0539. The molecule has 1 heterocycles. The molecule has 0 bridgehead atoms. The molecule has 0 saturated carbocycles. The van der Waals surface area contributed by atoms with Crippen LogP contribution in [0.3, 0.4) is 0 Å². The van der Waals surface area contributed by atoms with Crippen molar-refractivity contribution >= 4 is 5.91 Å². The van der Waals surface area contributed by atoms with Crippen LogP contribution in [0.2, 0.25) is 0 Å². The van der Waals surface area contributed by atoms with Gasteiger partial charge in [0.25, 0.3) is 0 Å². The molecule has 1 saturated heterocycles. The highest BCUT2D eigenvalue weighted by atomic mass is 16.2. The van der Waals surface area contributed by atoms with E-state index in [2.05, 4.69) is 37.9 Å². The van der Waals surface area contributed by atoms with E-state index in [0.29, 0.717) is 24.3 Å². The molecule has 0 aromatic rings. The molecular formula is C13H26N2O. The van der Waals surface area contributed by atoms with Gasteiger partial charge in [0.2, 0.25) is 5.91 Å². The predicted octanol–water partition coefficient (Wildman–Crippen LogP) is 2.02. The number of hydrogen-bond donors (Lipinski definition) is 1. The van der Waals surface area contributed by atoms with E-state index < -0.39 is 0 Å². The molecule has 0 aliphatic carbocycles. The minimum Gasteiger partial charge on any atom is -0.337 e. The van der Waals surface area contributed by atoms with E-state index >= 15 is 0 Å². The van der Waals surface area contributed by atoms with Crippen molar-refractivity contribution in [1.82, 2.24) is 10.2 Å². The van der Waals surface area contributed by atoms with Gasteiger partial charge in [-0.1, -0.05) is 20.8 Å². The van der Waals surface area contributed by atoms with Crippen LogP contribution in [0.5, 0.6) is 0 Å². The summed E-state index contributed by atoms with van der Waals surface area (Å²) in [6, 6.07) is 0.375. The van der Waals surface area contributed by atoms with Crippen molar-refractivity contribution < 1.29 is 4.79 Å². The molecule has 1 rings (SSSR count). The van der Waals surface area contributed by atoms with E-state index in [4.69, 9.17) is 0 Å². The summed E-state index contributed by atoms with van der Waals surface area (Å²) in [6.45, 7) is 12.5. The van der Waals surface area contributed by atoms with Gasteiger partial charge in [-0.3, -0.25) is 4.79 Å². The summed E-state index contributed by atoms with van der Waals surface area (Å²) in [5.74, 6) is 0.931. The van der Waals surface area contributed by atoms with Crippen LogP contribution >= 0.6 is 0 Å². The summed E-state index contributed by atoms with van der Waals surface area (Å²) in [5.41, 5.74) is 0.0539. The van der Waals surface area contributed by atoms with Gasteiger partial charge in [-0.15, -0.1) is 0 Å². The standard InChI is InChI=1S/C13H26N2O/c1-6-12(16)15-9-13(4,5)14-8-11(15)7-10(2)3/h10-11,14H,6-9H2,1-5H3. The fourth-order valence-electron chi connectivity index (χ4n) is 2.36. The Balaban J connectivity index is 2.72. The molecule has 94 valence electrons. The van der Waals surface area contributed by atoms with Gasteiger partial charge in [-0.25, -0.2) is 0 Å². The lowest BCUT2D eigenvalue weighted by molar-refractivity contribution is -0.136.